The van der Waals surface area contributed by atoms with E-state index in [1.807, 2.05) is 30.3 Å². The van der Waals surface area contributed by atoms with Crippen LogP contribution in [0.3, 0.4) is 0 Å². The number of hydrogen-bond acceptors (Lipinski definition) is 4. The molecule has 1 heterocycles. The summed E-state index contributed by atoms with van der Waals surface area (Å²) in [7, 11) is 0. The summed E-state index contributed by atoms with van der Waals surface area (Å²) in [5.41, 5.74) is 1.03. The van der Waals surface area contributed by atoms with Crippen molar-refractivity contribution in [2.45, 2.75) is 6.42 Å². The molecule has 15 heavy (non-hydrogen) atoms. The second kappa shape index (κ2) is 3.96. The normalized spacial score (nSPS) is 10.1. The van der Waals surface area contributed by atoms with Gasteiger partial charge in [0.05, 0.1) is 6.07 Å². The monoisotopic (exact) mass is 202 g/mol. The number of benzene rings is 1. The maximum Gasteiger partial charge on any atom is 0.217 e. The van der Waals surface area contributed by atoms with Crippen LogP contribution in [0.15, 0.2) is 36.4 Å². The molecule has 1 aromatic carbocycles. The summed E-state index contributed by atoms with van der Waals surface area (Å²) in [6.07, 6.45) is 0.489. The Balaban J connectivity index is 2.25. The first kappa shape index (κ1) is 9.45. The molecule has 76 valence electrons. The molecule has 0 aliphatic heterocycles. The van der Waals surface area contributed by atoms with E-state index in [4.69, 9.17) is 10.2 Å². The Morgan fingerprint density at radius 3 is 2.13 bits per heavy atom. The quantitative estimate of drug-likeness (QED) is 0.774. The third-order valence-electron chi connectivity index (χ3n) is 1.95. The van der Waals surface area contributed by atoms with Crippen LogP contribution in [0.1, 0.15) is 11.4 Å². The van der Waals surface area contributed by atoms with Crippen LogP contribution < -0.4 is 0 Å². The number of aromatic hydroxyl groups is 2. The van der Waals surface area contributed by atoms with Crippen molar-refractivity contribution in [3.63, 3.8) is 0 Å². The molecule has 4 nitrogen and oxygen atoms in total. The van der Waals surface area contributed by atoms with E-state index in [-0.39, 0.29) is 11.8 Å². The van der Waals surface area contributed by atoms with Gasteiger partial charge in [0.2, 0.25) is 11.8 Å². The Kier molecular flexibility index (Phi) is 2.49. The van der Waals surface area contributed by atoms with Gasteiger partial charge >= 0.3 is 0 Å². The van der Waals surface area contributed by atoms with Crippen molar-refractivity contribution in [1.29, 1.82) is 0 Å². The third-order valence-corrected chi connectivity index (χ3v) is 1.95. The molecule has 0 amide bonds. The van der Waals surface area contributed by atoms with Crippen molar-refractivity contribution >= 4 is 0 Å². The molecule has 0 spiro atoms. The zero-order valence-electron chi connectivity index (χ0n) is 7.96. The molecule has 0 bridgehead atoms. The van der Waals surface area contributed by atoms with Gasteiger partial charge in [0.1, 0.15) is 5.82 Å². The molecule has 1 aromatic heterocycles. The fourth-order valence-corrected chi connectivity index (χ4v) is 1.33. The Labute approximate surface area is 86.9 Å². The molecule has 0 saturated heterocycles. The maximum absolute atomic E-state index is 9.16. The lowest BCUT2D eigenvalue weighted by Gasteiger charge is -2.01. The average molecular weight is 202 g/mol. The third kappa shape index (κ3) is 2.43. The highest BCUT2D eigenvalue weighted by Gasteiger charge is 2.03. The predicted molar refractivity (Wildman–Crippen MR) is 54.6 cm³/mol. The van der Waals surface area contributed by atoms with Crippen molar-refractivity contribution in [1.82, 2.24) is 9.97 Å². The highest BCUT2D eigenvalue weighted by Crippen LogP contribution is 2.14. The zero-order valence-corrected chi connectivity index (χ0v) is 7.96. The molecule has 0 fully saturated rings. The molecule has 0 unspecified atom stereocenters. The fourth-order valence-electron chi connectivity index (χ4n) is 1.33. The van der Waals surface area contributed by atoms with Crippen molar-refractivity contribution < 1.29 is 10.2 Å². The molecule has 2 aromatic rings. The van der Waals surface area contributed by atoms with Crippen LogP contribution in [0.5, 0.6) is 11.8 Å². The lowest BCUT2D eigenvalue weighted by Crippen LogP contribution is -1.95. The van der Waals surface area contributed by atoms with Gasteiger partial charge in [0.25, 0.3) is 0 Å². The van der Waals surface area contributed by atoms with Gasteiger partial charge in [-0.2, -0.15) is 9.97 Å². The van der Waals surface area contributed by atoms with Gasteiger partial charge in [-0.3, -0.25) is 0 Å². The number of nitrogens with zero attached hydrogens (tertiary/aromatic N) is 2. The standard InChI is InChI=1S/C11H10N2O2/c14-10-7-11(15)13-9(12-10)6-8-4-2-1-3-5-8/h1-5,7H,6H2,(H2,12,13,14,15). The summed E-state index contributed by atoms with van der Waals surface area (Å²) in [4.78, 5) is 7.63. The van der Waals surface area contributed by atoms with Gasteiger partial charge in [0, 0.05) is 6.42 Å². The largest absolute Gasteiger partial charge is 0.493 e. The lowest BCUT2D eigenvalue weighted by atomic mass is 10.1. The number of rotatable bonds is 2. The van der Waals surface area contributed by atoms with E-state index in [9.17, 15) is 0 Å². The average Bonchev–Trinajstić information content (AvgIpc) is 2.17. The summed E-state index contributed by atoms with van der Waals surface area (Å²) in [5, 5.41) is 18.3. The molecule has 0 saturated carbocycles. The van der Waals surface area contributed by atoms with Gasteiger partial charge in [-0.1, -0.05) is 30.3 Å². The van der Waals surface area contributed by atoms with Crippen LogP contribution in [0.2, 0.25) is 0 Å². The fraction of sp³-hybridized carbons (Fsp3) is 0.0909. The highest BCUT2D eigenvalue weighted by molar-refractivity contribution is 5.23. The van der Waals surface area contributed by atoms with Crippen LogP contribution in [0.4, 0.5) is 0 Å². The summed E-state index contributed by atoms with van der Waals surface area (Å²) >= 11 is 0. The van der Waals surface area contributed by atoms with Crippen molar-refractivity contribution in [2.75, 3.05) is 0 Å². The van der Waals surface area contributed by atoms with Gasteiger partial charge in [-0.05, 0) is 5.56 Å². The molecular weight excluding hydrogens is 192 g/mol. The zero-order chi connectivity index (χ0) is 10.7. The predicted octanol–water partition coefficient (Wildman–Crippen LogP) is 1.48. The van der Waals surface area contributed by atoms with Crippen LogP contribution >= 0.6 is 0 Å². The Morgan fingerprint density at radius 2 is 1.53 bits per heavy atom. The first-order valence-electron chi connectivity index (χ1n) is 4.54. The molecule has 0 radical (unpaired) electrons. The molecule has 2 N–H and O–H groups in total. The number of aromatic nitrogens is 2. The van der Waals surface area contributed by atoms with E-state index in [1.165, 1.54) is 0 Å². The molecule has 4 heteroatoms. The molecule has 0 atom stereocenters. The molecule has 0 aliphatic carbocycles. The summed E-state index contributed by atoms with van der Waals surface area (Å²) in [6, 6.07) is 10.7. The number of hydrogen-bond donors (Lipinski definition) is 2. The minimum Gasteiger partial charge on any atom is -0.493 e. The molecule has 0 aliphatic rings. The lowest BCUT2D eigenvalue weighted by molar-refractivity contribution is 0.417. The van der Waals surface area contributed by atoms with Gasteiger partial charge in [0.15, 0.2) is 0 Å². The van der Waals surface area contributed by atoms with Crippen LogP contribution in [-0.4, -0.2) is 20.2 Å². The van der Waals surface area contributed by atoms with E-state index < -0.39 is 0 Å². The van der Waals surface area contributed by atoms with Crippen molar-refractivity contribution in [3.8, 4) is 11.8 Å². The van der Waals surface area contributed by atoms with E-state index in [1.54, 1.807) is 0 Å². The summed E-state index contributed by atoms with van der Waals surface area (Å²) in [6.45, 7) is 0. The van der Waals surface area contributed by atoms with E-state index >= 15 is 0 Å². The molecule has 2 rings (SSSR count). The minimum atomic E-state index is -0.214. The van der Waals surface area contributed by atoms with E-state index in [0.29, 0.717) is 12.2 Å². The highest BCUT2D eigenvalue weighted by atomic mass is 16.3. The van der Waals surface area contributed by atoms with Gasteiger partial charge < -0.3 is 10.2 Å². The topological polar surface area (TPSA) is 66.2 Å². The summed E-state index contributed by atoms with van der Waals surface area (Å²) < 4.78 is 0. The second-order valence-electron chi connectivity index (χ2n) is 3.16. The maximum atomic E-state index is 9.16. The summed E-state index contributed by atoms with van der Waals surface area (Å²) in [5.74, 6) is -0.0273. The van der Waals surface area contributed by atoms with Crippen LogP contribution in [-0.2, 0) is 6.42 Å². The van der Waals surface area contributed by atoms with Crippen molar-refractivity contribution in [2.24, 2.45) is 0 Å². The molecular formula is C11H10N2O2. The Morgan fingerprint density at radius 1 is 0.933 bits per heavy atom. The van der Waals surface area contributed by atoms with Crippen molar-refractivity contribution in [3.05, 3.63) is 47.8 Å². The first-order chi connectivity index (χ1) is 7.24. The van der Waals surface area contributed by atoms with Gasteiger partial charge in [-0.15, -0.1) is 0 Å². The Hall–Kier alpha value is -2.10. The van der Waals surface area contributed by atoms with Crippen LogP contribution in [0.25, 0.3) is 0 Å². The van der Waals surface area contributed by atoms with Gasteiger partial charge in [-0.25, -0.2) is 0 Å². The van der Waals surface area contributed by atoms with E-state index in [0.717, 1.165) is 11.6 Å². The first-order valence-corrected chi connectivity index (χ1v) is 4.54. The SMILES string of the molecule is Oc1cc(O)nc(Cc2ccccc2)n1. The van der Waals surface area contributed by atoms with E-state index in [2.05, 4.69) is 9.97 Å². The smallest absolute Gasteiger partial charge is 0.217 e. The minimum absolute atomic E-state index is 0.214. The second-order valence-corrected chi connectivity index (χ2v) is 3.16. The Bertz CT molecular complexity index is 437. The van der Waals surface area contributed by atoms with Crippen LogP contribution in [0, 0.1) is 0 Å².